The van der Waals surface area contributed by atoms with Crippen molar-refractivity contribution < 1.29 is 4.74 Å². The second kappa shape index (κ2) is 8.09. The molecule has 27 heavy (non-hydrogen) atoms. The Morgan fingerprint density at radius 2 is 2.11 bits per heavy atom. The highest BCUT2D eigenvalue weighted by Gasteiger charge is 2.28. The molecular weight excluding hydrogens is 336 g/mol. The third-order valence-corrected chi connectivity index (χ3v) is 5.23. The Balaban J connectivity index is 1.50. The first-order valence-electron chi connectivity index (χ1n) is 10.0. The summed E-state index contributed by atoms with van der Waals surface area (Å²) in [5.41, 5.74) is 3.35. The fourth-order valence-electron chi connectivity index (χ4n) is 4.08. The molecule has 2 aromatic heterocycles. The summed E-state index contributed by atoms with van der Waals surface area (Å²) < 4.78 is 7.97. The Labute approximate surface area is 161 Å². The van der Waals surface area contributed by atoms with Crippen LogP contribution in [0.2, 0.25) is 0 Å². The second-order valence-electron chi connectivity index (χ2n) is 7.27. The number of aryl methyl sites for hydroxylation is 1. The third-order valence-electron chi connectivity index (χ3n) is 5.23. The van der Waals surface area contributed by atoms with Crippen LogP contribution in [-0.2, 0) is 13.1 Å². The quantitative estimate of drug-likeness (QED) is 0.629. The van der Waals surface area contributed by atoms with Crippen molar-refractivity contribution in [3.8, 4) is 5.75 Å². The topological polar surface area (TPSA) is 43.2 Å². The van der Waals surface area contributed by atoms with Crippen LogP contribution in [0.25, 0.3) is 11.2 Å². The van der Waals surface area contributed by atoms with Gasteiger partial charge in [0.1, 0.15) is 17.1 Å². The van der Waals surface area contributed by atoms with Gasteiger partial charge in [-0.3, -0.25) is 4.90 Å². The molecule has 1 saturated heterocycles. The number of imidazole rings is 1. The molecule has 1 fully saturated rings. The molecule has 0 spiro atoms. The summed E-state index contributed by atoms with van der Waals surface area (Å²) in [5, 5.41) is 0. The molecule has 0 bridgehead atoms. The van der Waals surface area contributed by atoms with Gasteiger partial charge in [0, 0.05) is 31.7 Å². The minimum absolute atomic E-state index is 0.473. The first-order chi connectivity index (χ1) is 13.3. The average Bonchev–Trinajstić information content (AvgIpc) is 3.28. The molecule has 1 aromatic carbocycles. The first kappa shape index (κ1) is 18.0. The lowest BCUT2D eigenvalue weighted by atomic mass is 10.1. The van der Waals surface area contributed by atoms with Crippen LogP contribution in [0.4, 0.5) is 0 Å². The Bertz CT molecular complexity index is 904. The number of pyridine rings is 1. The van der Waals surface area contributed by atoms with Gasteiger partial charge in [0.2, 0.25) is 0 Å². The molecule has 142 valence electrons. The summed E-state index contributed by atoms with van der Waals surface area (Å²) >= 11 is 0. The van der Waals surface area contributed by atoms with Gasteiger partial charge in [-0.2, -0.15) is 0 Å². The normalized spacial score (nSPS) is 17.6. The summed E-state index contributed by atoms with van der Waals surface area (Å²) in [6.07, 6.45) is 4.11. The minimum atomic E-state index is 0.473. The molecule has 4 rings (SSSR count). The van der Waals surface area contributed by atoms with E-state index in [2.05, 4.69) is 45.6 Å². The van der Waals surface area contributed by atoms with Gasteiger partial charge in [0.15, 0.2) is 5.65 Å². The van der Waals surface area contributed by atoms with Crippen LogP contribution in [0.15, 0.2) is 42.6 Å². The van der Waals surface area contributed by atoms with Crippen molar-refractivity contribution >= 4 is 11.2 Å². The van der Waals surface area contributed by atoms with Gasteiger partial charge in [-0.15, -0.1) is 0 Å². The van der Waals surface area contributed by atoms with Gasteiger partial charge in [0.25, 0.3) is 0 Å². The number of aromatic nitrogens is 3. The highest BCUT2D eigenvalue weighted by atomic mass is 16.5. The Morgan fingerprint density at radius 3 is 2.96 bits per heavy atom. The number of hydrogen-bond acceptors (Lipinski definition) is 4. The molecule has 1 aliphatic rings. The van der Waals surface area contributed by atoms with Crippen LogP contribution >= 0.6 is 0 Å². The van der Waals surface area contributed by atoms with Crippen molar-refractivity contribution in [1.29, 1.82) is 0 Å². The largest absolute Gasteiger partial charge is 0.494 e. The van der Waals surface area contributed by atoms with Crippen molar-refractivity contribution in [3.63, 3.8) is 0 Å². The van der Waals surface area contributed by atoms with Gasteiger partial charge >= 0.3 is 0 Å². The molecular formula is C22H28N4O. The van der Waals surface area contributed by atoms with E-state index in [9.17, 15) is 0 Å². The predicted octanol–water partition coefficient (Wildman–Crippen LogP) is 4.23. The third kappa shape index (κ3) is 3.83. The molecule has 0 N–H and O–H groups in total. The average molecular weight is 364 g/mol. The van der Waals surface area contributed by atoms with Gasteiger partial charge in [0.05, 0.1) is 6.61 Å². The van der Waals surface area contributed by atoms with E-state index in [4.69, 9.17) is 9.72 Å². The van der Waals surface area contributed by atoms with Crippen molar-refractivity contribution in [2.45, 2.75) is 45.7 Å². The van der Waals surface area contributed by atoms with Crippen molar-refractivity contribution in [2.24, 2.45) is 0 Å². The second-order valence-corrected chi connectivity index (χ2v) is 7.27. The zero-order valence-electron chi connectivity index (χ0n) is 16.3. The number of likely N-dealkylation sites (tertiary alicyclic amines) is 1. The number of rotatable bonds is 7. The number of ether oxygens (including phenoxy) is 1. The SMILES string of the molecule is CCCn1c([C@@H]2CCN(Cc3cccc(OCC)c3)C2)nc2cccnc21. The van der Waals surface area contributed by atoms with Crippen molar-refractivity contribution in [3.05, 3.63) is 54.0 Å². The maximum atomic E-state index is 5.64. The predicted molar refractivity (Wildman–Crippen MR) is 108 cm³/mol. The van der Waals surface area contributed by atoms with E-state index in [0.717, 1.165) is 55.9 Å². The maximum absolute atomic E-state index is 5.64. The van der Waals surface area contributed by atoms with Crippen LogP contribution in [-0.4, -0.2) is 39.1 Å². The standard InChI is InChI=1S/C22H28N4O/c1-3-12-26-21(24-20-9-6-11-23-22(20)26)18-10-13-25(16-18)15-17-7-5-8-19(14-17)27-4-2/h5-9,11,14,18H,3-4,10,12-13,15-16H2,1-2H3/t18-/m1/s1. The molecule has 1 aliphatic heterocycles. The highest BCUT2D eigenvalue weighted by Crippen LogP contribution is 2.30. The first-order valence-corrected chi connectivity index (χ1v) is 10.0. The number of benzene rings is 1. The van der Waals surface area contributed by atoms with E-state index in [0.29, 0.717) is 12.5 Å². The van der Waals surface area contributed by atoms with Gasteiger partial charge in [-0.1, -0.05) is 19.1 Å². The van der Waals surface area contributed by atoms with Gasteiger partial charge in [-0.05, 0) is 56.1 Å². The van der Waals surface area contributed by atoms with E-state index >= 15 is 0 Å². The summed E-state index contributed by atoms with van der Waals surface area (Å²) in [7, 11) is 0. The van der Waals surface area contributed by atoms with Gasteiger partial charge < -0.3 is 9.30 Å². The lowest BCUT2D eigenvalue weighted by Crippen LogP contribution is -2.20. The van der Waals surface area contributed by atoms with E-state index < -0.39 is 0 Å². The summed E-state index contributed by atoms with van der Waals surface area (Å²) in [5.74, 6) is 2.64. The molecule has 5 nitrogen and oxygen atoms in total. The summed E-state index contributed by atoms with van der Waals surface area (Å²) in [6.45, 7) is 9.04. The zero-order chi connectivity index (χ0) is 18.6. The van der Waals surface area contributed by atoms with Crippen LogP contribution in [0.5, 0.6) is 5.75 Å². The highest BCUT2D eigenvalue weighted by molar-refractivity contribution is 5.71. The minimum Gasteiger partial charge on any atom is -0.494 e. The summed E-state index contributed by atoms with van der Waals surface area (Å²) in [4.78, 5) is 12.1. The van der Waals surface area contributed by atoms with Gasteiger partial charge in [-0.25, -0.2) is 9.97 Å². The van der Waals surface area contributed by atoms with E-state index in [1.807, 2.05) is 25.3 Å². The Kier molecular flexibility index (Phi) is 5.39. The lowest BCUT2D eigenvalue weighted by Gasteiger charge is -2.17. The fourth-order valence-corrected chi connectivity index (χ4v) is 4.08. The molecule has 0 saturated carbocycles. The fraction of sp³-hybridized carbons (Fsp3) is 0.455. The van der Waals surface area contributed by atoms with E-state index in [1.54, 1.807) is 0 Å². The number of hydrogen-bond donors (Lipinski definition) is 0. The number of fused-ring (bicyclic) bond motifs is 1. The molecule has 0 aliphatic carbocycles. The molecule has 5 heteroatoms. The molecule has 1 atom stereocenters. The smallest absolute Gasteiger partial charge is 0.159 e. The monoisotopic (exact) mass is 364 g/mol. The van der Waals surface area contributed by atoms with Crippen LogP contribution in [0.1, 0.15) is 44.0 Å². The Morgan fingerprint density at radius 1 is 1.19 bits per heavy atom. The number of nitrogens with zero attached hydrogens (tertiary/aromatic N) is 4. The lowest BCUT2D eigenvalue weighted by molar-refractivity contribution is 0.320. The molecule has 0 amide bonds. The van der Waals surface area contributed by atoms with Crippen molar-refractivity contribution in [2.75, 3.05) is 19.7 Å². The zero-order valence-corrected chi connectivity index (χ0v) is 16.3. The van der Waals surface area contributed by atoms with E-state index in [-0.39, 0.29) is 0 Å². The van der Waals surface area contributed by atoms with Crippen LogP contribution in [0.3, 0.4) is 0 Å². The van der Waals surface area contributed by atoms with E-state index in [1.165, 1.54) is 11.4 Å². The van der Waals surface area contributed by atoms with Crippen LogP contribution in [0, 0.1) is 0 Å². The van der Waals surface area contributed by atoms with Crippen LogP contribution < -0.4 is 4.74 Å². The maximum Gasteiger partial charge on any atom is 0.159 e. The summed E-state index contributed by atoms with van der Waals surface area (Å²) in [6, 6.07) is 12.5. The van der Waals surface area contributed by atoms with Crippen molar-refractivity contribution in [1.82, 2.24) is 19.4 Å². The molecule has 0 unspecified atom stereocenters. The Hall–Kier alpha value is -2.40. The molecule has 0 radical (unpaired) electrons. The molecule has 3 heterocycles. The molecule has 3 aromatic rings.